The number of thiocarbonyl (C=S) groups is 1. The number of hydrogen-bond acceptors (Lipinski definition) is 4. The summed E-state index contributed by atoms with van der Waals surface area (Å²) in [5.74, 6) is -0.467. The van der Waals surface area contributed by atoms with Crippen LogP contribution in [0.1, 0.15) is 37.0 Å². The van der Waals surface area contributed by atoms with Crippen molar-refractivity contribution in [1.82, 2.24) is 9.62 Å². The van der Waals surface area contributed by atoms with E-state index in [1.54, 1.807) is 12.1 Å². The molecule has 30 heavy (non-hydrogen) atoms. The summed E-state index contributed by atoms with van der Waals surface area (Å²) in [4.78, 5) is 12.5. The molecule has 0 aromatic heterocycles. The summed E-state index contributed by atoms with van der Waals surface area (Å²) < 4.78 is 27.1. The van der Waals surface area contributed by atoms with Crippen LogP contribution < -0.4 is 10.6 Å². The van der Waals surface area contributed by atoms with E-state index in [4.69, 9.17) is 35.4 Å². The molecule has 0 aliphatic rings. The number of benzene rings is 2. The van der Waals surface area contributed by atoms with Crippen LogP contribution in [-0.2, 0) is 10.0 Å². The summed E-state index contributed by atoms with van der Waals surface area (Å²) in [6, 6.07) is 10.7. The maximum atomic E-state index is 12.8. The van der Waals surface area contributed by atoms with E-state index in [1.165, 1.54) is 34.6 Å². The van der Waals surface area contributed by atoms with Crippen LogP contribution in [0.4, 0.5) is 5.69 Å². The topological polar surface area (TPSA) is 78.5 Å². The Morgan fingerprint density at radius 1 is 1.00 bits per heavy atom. The van der Waals surface area contributed by atoms with Crippen molar-refractivity contribution in [2.45, 2.75) is 31.6 Å². The standard InChI is InChI=1S/C20H23Cl2N3O3S2/c1-3-9-25(10-4-2)30(27,28)18-7-5-17(6-8-18)23-20(29)24-19(26)14-11-15(21)13-16(22)12-14/h5-8,11-13H,3-4,9-10H2,1-2H3,(H2,23,24,26,29). The first kappa shape index (κ1) is 24.6. The normalized spacial score (nSPS) is 11.4. The highest BCUT2D eigenvalue weighted by Gasteiger charge is 2.22. The molecule has 0 spiro atoms. The number of halogens is 2. The molecule has 0 saturated heterocycles. The first-order chi connectivity index (χ1) is 14.2. The first-order valence-electron chi connectivity index (χ1n) is 9.36. The van der Waals surface area contributed by atoms with Gasteiger partial charge in [-0.2, -0.15) is 4.31 Å². The summed E-state index contributed by atoms with van der Waals surface area (Å²) in [5, 5.41) is 6.12. The summed E-state index contributed by atoms with van der Waals surface area (Å²) in [7, 11) is -3.56. The second-order valence-electron chi connectivity index (χ2n) is 6.49. The third-order valence-electron chi connectivity index (χ3n) is 4.05. The van der Waals surface area contributed by atoms with E-state index in [1.807, 2.05) is 13.8 Å². The minimum Gasteiger partial charge on any atom is -0.332 e. The largest absolute Gasteiger partial charge is 0.332 e. The number of nitrogens with one attached hydrogen (secondary N) is 2. The molecule has 0 unspecified atom stereocenters. The molecule has 0 atom stereocenters. The highest BCUT2D eigenvalue weighted by Crippen LogP contribution is 2.20. The Balaban J connectivity index is 2.06. The van der Waals surface area contributed by atoms with Gasteiger partial charge in [-0.1, -0.05) is 37.0 Å². The van der Waals surface area contributed by atoms with Crippen LogP contribution in [0.25, 0.3) is 0 Å². The SMILES string of the molecule is CCCN(CCC)S(=O)(=O)c1ccc(NC(=S)NC(=O)c2cc(Cl)cc(Cl)c2)cc1. The van der Waals surface area contributed by atoms with Crippen LogP contribution in [0.15, 0.2) is 47.4 Å². The molecule has 0 radical (unpaired) electrons. The van der Waals surface area contributed by atoms with Crippen molar-refractivity contribution in [3.63, 3.8) is 0 Å². The number of carbonyl (C=O) groups is 1. The van der Waals surface area contributed by atoms with E-state index in [-0.39, 0.29) is 15.6 Å². The predicted octanol–water partition coefficient (Wildman–Crippen LogP) is 4.93. The highest BCUT2D eigenvalue weighted by molar-refractivity contribution is 7.89. The molecule has 162 valence electrons. The van der Waals surface area contributed by atoms with Crippen molar-refractivity contribution >= 4 is 62.2 Å². The summed E-state index contributed by atoms with van der Waals surface area (Å²) in [6.07, 6.45) is 1.48. The van der Waals surface area contributed by atoms with Crippen molar-refractivity contribution in [1.29, 1.82) is 0 Å². The monoisotopic (exact) mass is 487 g/mol. The molecule has 0 fully saturated rings. The molecule has 2 aromatic carbocycles. The summed E-state index contributed by atoms with van der Waals surface area (Å²) in [6.45, 7) is 4.83. The molecule has 2 rings (SSSR count). The van der Waals surface area contributed by atoms with E-state index in [2.05, 4.69) is 10.6 Å². The predicted molar refractivity (Wildman–Crippen MR) is 126 cm³/mol. The molecule has 2 N–H and O–H groups in total. The fourth-order valence-electron chi connectivity index (χ4n) is 2.73. The lowest BCUT2D eigenvalue weighted by Gasteiger charge is -2.21. The number of hydrogen-bond donors (Lipinski definition) is 2. The minimum atomic E-state index is -3.56. The summed E-state index contributed by atoms with van der Waals surface area (Å²) >= 11 is 17.0. The third-order valence-corrected chi connectivity index (χ3v) is 6.60. The molecule has 0 bridgehead atoms. The number of rotatable bonds is 8. The van der Waals surface area contributed by atoms with Crippen molar-refractivity contribution < 1.29 is 13.2 Å². The van der Waals surface area contributed by atoms with E-state index >= 15 is 0 Å². The van der Waals surface area contributed by atoms with Crippen LogP contribution in [-0.4, -0.2) is 36.8 Å². The van der Waals surface area contributed by atoms with Crippen LogP contribution in [0.2, 0.25) is 10.0 Å². The molecule has 0 aliphatic heterocycles. The second-order valence-corrected chi connectivity index (χ2v) is 9.71. The van der Waals surface area contributed by atoms with E-state index < -0.39 is 15.9 Å². The zero-order chi connectivity index (χ0) is 22.3. The number of carbonyl (C=O) groups excluding carboxylic acids is 1. The lowest BCUT2D eigenvalue weighted by Crippen LogP contribution is -2.34. The number of amides is 1. The lowest BCUT2D eigenvalue weighted by molar-refractivity contribution is 0.0977. The van der Waals surface area contributed by atoms with Gasteiger partial charge in [0.25, 0.3) is 5.91 Å². The minimum absolute atomic E-state index is 0.0605. The highest BCUT2D eigenvalue weighted by atomic mass is 35.5. The van der Waals surface area contributed by atoms with Crippen LogP contribution >= 0.6 is 35.4 Å². The molecule has 1 amide bonds. The first-order valence-corrected chi connectivity index (χ1v) is 12.0. The van der Waals surface area contributed by atoms with Gasteiger partial charge < -0.3 is 5.32 Å². The van der Waals surface area contributed by atoms with Gasteiger partial charge in [0.2, 0.25) is 10.0 Å². The maximum Gasteiger partial charge on any atom is 0.257 e. The van der Waals surface area contributed by atoms with Gasteiger partial charge in [0.15, 0.2) is 5.11 Å². The molecule has 10 heteroatoms. The molecule has 0 saturated carbocycles. The third kappa shape index (κ3) is 6.65. The van der Waals surface area contributed by atoms with Gasteiger partial charge >= 0.3 is 0 Å². The van der Waals surface area contributed by atoms with Gasteiger partial charge in [-0.25, -0.2) is 8.42 Å². The fraction of sp³-hybridized carbons (Fsp3) is 0.300. The Morgan fingerprint density at radius 2 is 1.53 bits per heavy atom. The van der Waals surface area contributed by atoms with Gasteiger partial charge in [0.1, 0.15) is 0 Å². The average molecular weight is 488 g/mol. The zero-order valence-electron chi connectivity index (χ0n) is 16.6. The van der Waals surface area contributed by atoms with Crippen LogP contribution in [0.5, 0.6) is 0 Å². The fourth-order valence-corrected chi connectivity index (χ4v) is 5.09. The Labute approximate surface area is 192 Å². The Bertz CT molecular complexity index is 986. The zero-order valence-corrected chi connectivity index (χ0v) is 19.8. The van der Waals surface area contributed by atoms with Crippen molar-refractivity contribution in [2.24, 2.45) is 0 Å². The number of sulfonamides is 1. The molecule has 0 heterocycles. The maximum absolute atomic E-state index is 12.8. The van der Waals surface area contributed by atoms with Crippen molar-refractivity contribution in [3.05, 3.63) is 58.1 Å². The van der Waals surface area contributed by atoms with Crippen molar-refractivity contribution in [3.8, 4) is 0 Å². The summed E-state index contributed by atoms with van der Waals surface area (Å²) in [5.41, 5.74) is 0.811. The molecule has 0 aliphatic carbocycles. The smallest absolute Gasteiger partial charge is 0.257 e. The Morgan fingerprint density at radius 3 is 2.03 bits per heavy atom. The van der Waals surface area contributed by atoms with E-state index in [9.17, 15) is 13.2 Å². The van der Waals surface area contributed by atoms with E-state index in [0.29, 0.717) is 28.8 Å². The van der Waals surface area contributed by atoms with Crippen molar-refractivity contribution in [2.75, 3.05) is 18.4 Å². The van der Waals surface area contributed by atoms with E-state index in [0.717, 1.165) is 12.8 Å². The molecule has 2 aromatic rings. The average Bonchev–Trinajstić information content (AvgIpc) is 2.67. The number of nitrogens with zero attached hydrogens (tertiary/aromatic N) is 1. The van der Waals surface area contributed by atoms with Gasteiger partial charge in [0.05, 0.1) is 4.90 Å². The van der Waals surface area contributed by atoms with Gasteiger partial charge in [0, 0.05) is 34.4 Å². The molecular formula is C20H23Cl2N3O3S2. The van der Waals surface area contributed by atoms with Gasteiger partial charge in [-0.3, -0.25) is 10.1 Å². The Kier molecular flexibility index (Phi) is 9.06. The number of anilines is 1. The lowest BCUT2D eigenvalue weighted by atomic mass is 10.2. The van der Waals surface area contributed by atoms with Crippen LogP contribution in [0.3, 0.4) is 0 Å². The Hall–Kier alpha value is -1.71. The van der Waals surface area contributed by atoms with Crippen LogP contribution in [0, 0.1) is 0 Å². The molecule has 6 nitrogen and oxygen atoms in total. The van der Waals surface area contributed by atoms with Gasteiger partial charge in [-0.15, -0.1) is 0 Å². The van der Waals surface area contributed by atoms with Gasteiger partial charge in [-0.05, 0) is 67.5 Å². The second kappa shape index (κ2) is 11.1. The quantitative estimate of drug-likeness (QED) is 0.516. The molecular weight excluding hydrogens is 465 g/mol.